The highest BCUT2D eigenvalue weighted by atomic mass is 16.5. The Bertz CT molecular complexity index is 856. The van der Waals surface area contributed by atoms with Crippen molar-refractivity contribution in [3.05, 3.63) is 59.2 Å². The predicted octanol–water partition coefficient (Wildman–Crippen LogP) is 2.13. The molecule has 154 valence electrons. The third kappa shape index (κ3) is 6.06. The van der Waals surface area contributed by atoms with E-state index < -0.39 is 0 Å². The van der Waals surface area contributed by atoms with E-state index >= 15 is 0 Å². The lowest BCUT2D eigenvalue weighted by molar-refractivity contribution is -0.901. The molecule has 1 saturated heterocycles. The quantitative estimate of drug-likeness (QED) is 0.474. The summed E-state index contributed by atoms with van der Waals surface area (Å²) in [5.41, 5.74) is 7.68. The molecule has 2 aromatic rings. The molecule has 0 radical (unpaired) electrons. The molecule has 6 heteroatoms. The Kier molecular flexibility index (Phi) is 7.25. The normalized spacial score (nSPS) is 14.7. The Labute approximate surface area is 172 Å². The van der Waals surface area contributed by atoms with Crippen LogP contribution in [0.3, 0.4) is 0 Å². The number of amides is 1. The average Bonchev–Trinajstić information content (AvgIpc) is 3.24. The number of hydrogen-bond acceptors (Lipinski definition) is 4. The van der Waals surface area contributed by atoms with Crippen LogP contribution < -0.4 is 20.4 Å². The molecule has 0 aliphatic carbocycles. The number of carbonyl (C=O) groups excluding carboxylic acids is 1. The van der Waals surface area contributed by atoms with E-state index in [4.69, 9.17) is 4.74 Å². The van der Waals surface area contributed by atoms with Crippen molar-refractivity contribution in [1.82, 2.24) is 5.43 Å². The molecule has 0 unspecified atom stereocenters. The molecule has 0 atom stereocenters. The summed E-state index contributed by atoms with van der Waals surface area (Å²) >= 11 is 0. The number of methoxy groups -OCH3 is 1. The number of aryl methyl sites for hydroxylation is 1. The summed E-state index contributed by atoms with van der Waals surface area (Å²) in [7, 11) is 1.71. The van der Waals surface area contributed by atoms with E-state index in [2.05, 4.69) is 21.9 Å². The van der Waals surface area contributed by atoms with Crippen molar-refractivity contribution in [2.75, 3.05) is 32.1 Å². The zero-order chi connectivity index (χ0) is 20.6. The lowest BCUT2D eigenvalue weighted by Crippen LogP contribution is -3.08. The third-order valence-corrected chi connectivity index (χ3v) is 5.30. The van der Waals surface area contributed by atoms with Crippen LogP contribution in [-0.4, -0.2) is 38.4 Å². The summed E-state index contributed by atoms with van der Waals surface area (Å²) in [5, 5.41) is 7.38. The molecule has 0 spiro atoms. The van der Waals surface area contributed by atoms with E-state index in [1.807, 2.05) is 50.2 Å². The van der Waals surface area contributed by atoms with Crippen LogP contribution in [0.2, 0.25) is 0 Å². The number of hydrazone groups is 1. The van der Waals surface area contributed by atoms with E-state index in [0.717, 1.165) is 29.3 Å². The summed E-state index contributed by atoms with van der Waals surface area (Å²) in [6, 6.07) is 14.0. The van der Waals surface area contributed by atoms with Gasteiger partial charge in [-0.2, -0.15) is 5.10 Å². The topological polar surface area (TPSA) is 67.2 Å². The minimum Gasteiger partial charge on any atom is -0.496 e. The van der Waals surface area contributed by atoms with Gasteiger partial charge in [-0.05, 0) is 49.7 Å². The van der Waals surface area contributed by atoms with Crippen LogP contribution in [0.25, 0.3) is 0 Å². The van der Waals surface area contributed by atoms with Crippen molar-refractivity contribution < 1.29 is 14.4 Å². The first-order valence-electron chi connectivity index (χ1n) is 10.2. The molecule has 0 bridgehead atoms. The second kappa shape index (κ2) is 10.1. The molecule has 6 nitrogen and oxygen atoms in total. The summed E-state index contributed by atoms with van der Waals surface area (Å²) in [4.78, 5) is 13.7. The minimum atomic E-state index is -0.180. The molecule has 0 aromatic heterocycles. The largest absolute Gasteiger partial charge is 0.496 e. The van der Waals surface area contributed by atoms with E-state index in [1.54, 1.807) is 12.0 Å². The number of hydrogen-bond donors (Lipinski definition) is 3. The highest BCUT2D eigenvalue weighted by Gasteiger charge is 2.18. The molecule has 29 heavy (non-hydrogen) atoms. The van der Waals surface area contributed by atoms with Crippen LogP contribution in [0, 0.1) is 6.92 Å². The van der Waals surface area contributed by atoms with Gasteiger partial charge in [0.15, 0.2) is 0 Å². The van der Waals surface area contributed by atoms with Crippen molar-refractivity contribution in [2.24, 2.45) is 5.10 Å². The van der Waals surface area contributed by atoms with Crippen LogP contribution in [0.15, 0.2) is 47.6 Å². The van der Waals surface area contributed by atoms with Crippen LogP contribution in [-0.2, 0) is 11.3 Å². The van der Waals surface area contributed by atoms with Gasteiger partial charge in [-0.1, -0.05) is 17.7 Å². The fourth-order valence-electron chi connectivity index (χ4n) is 3.57. The van der Waals surface area contributed by atoms with Gasteiger partial charge >= 0.3 is 0 Å². The van der Waals surface area contributed by atoms with E-state index in [9.17, 15) is 4.79 Å². The van der Waals surface area contributed by atoms with E-state index in [1.165, 1.54) is 37.1 Å². The molecular weight excluding hydrogens is 364 g/mol. The van der Waals surface area contributed by atoms with Crippen molar-refractivity contribution in [3.63, 3.8) is 0 Å². The van der Waals surface area contributed by atoms with Gasteiger partial charge in [-0.15, -0.1) is 0 Å². The van der Waals surface area contributed by atoms with Crippen LogP contribution in [0.5, 0.6) is 5.75 Å². The van der Waals surface area contributed by atoms with Crippen molar-refractivity contribution in [2.45, 2.75) is 33.2 Å². The van der Waals surface area contributed by atoms with Crippen LogP contribution in [0.4, 0.5) is 5.69 Å². The molecular formula is C23H31N4O2+. The fraction of sp³-hybridized carbons (Fsp3) is 0.391. The number of ether oxygens (including phenoxy) is 1. The van der Waals surface area contributed by atoms with Gasteiger partial charge in [0.25, 0.3) is 5.91 Å². The first-order chi connectivity index (χ1) is 14.0. The molecule has 2 aromatic carbocycles. The average molecular weight is 396 g/mol. The van der Waals surface area contributed by atoms with Crippen molar-refractivity contribution >= 4 is 17.3 Å². The highest BCUT2D eigenvalue weighted by Crippen LogP contribution is 2.20. The summed E-state index contributed by atoms with van der Waals surface area (Å²) in [6.07, 6.45) is 2.58. The summed E-state index contributed by atoms with van der Waals surface area (Å²) < 4.78 is 5.54. The van der Waals surface area contributed by atoms with Crippen molar-refractivity contribution in [3.8, 4) is 5.75 Å². The Hall–Kier alpha value is -2.86. The van der Waals surface area contributed by atoms with E-state index in [0.29, 0.717) is 0 Å². The van der Waals surface area contributed by atoms with E-state index in [-0.39, 0.29) is 12.5 Å². The Morgan fingerprint density at radius 1 is 1.14 bits per heavy atom. The Morgan fingerprint density at radius 3 is 2.55 bits per heavy atom. The standard InChI is InChI=1S/C23H30N4O2/c1-17-6-9-21(10-7-17)24-15-23(28)26-25-18(2)19-8-11-22(29-3)20(14-19)16-27-12-4-5-13-27/h6-11,14,24H,4-5,12-13,15-16H2,1-3H3,(H,26,28)/p+1/b25-18-. The van der Waals surface area contributed by atoms with Crippen LogP contribution in [0.1, 0.15) is 36.5 Å². The molecule has 1 heterocycles. The summed E-state index contributed by atoms with van der Waals surface area (Å²) in [6.45, 7) is 7.49. The maximum Gasteiger partial charge on any atom is 0.259 e. The lowest BCUT2D eigenvalue weighted by Gasteiger charge is -2.15. The summed E-state index contributed by atoms with van der Waals surface area (Å²) in [5.74, 6) is 0.729. The number of likely N-dealkylation sites (tertiary alicyclic amines) is 1. The number of anilines is 1. The monoisotopic (exact) mass is 395 g/mol. The number of carbonyl (C=O) groups is 1. The first-order valence-corrected chi connectivity index (χ1v) is 10.2. The maximum absolute atomic E-state index is 12.1. The van der Waals surface area contributed by atoms with Gasteiger partial charge in [-0.3, -0.25) is 4.79 Å². The number of benzene rings is 2. The molecule has 1 aliphatic rings. The fourth-order valence-corrected chi connectivity index (χ4v) is 3.57. The molecule has 0 saturated carbocycles. The second-order valence-electron chi connectivity index (χ2n) is 7.61. The Morgan fingerprint density at radius 2 is 1.86 bits per heavy atom. The van der Waals surface area contributed by atoms with Gasteiger partial charge < -0.3 is 15.0 Å². The second-order valence-corrected chi connectivity index (χ2v) is 7.61. The number of quaternary nitrogens is 1. The number of nitrogens with one attached hydrogen (secondary N) is 3. The number of rotatable bonds is 8. The zero-order valence-corrected chi connectivity index (χ0v) is 17.5. The van der Waals surface area contributed by atoms with Gasteiger partial charge in [0, 0.05) is 24.1 Å². The van der Waals surface area contributed by atoms with Gasteiger partial charge in [0.1, 0.15) is 12.3 Å². The highest BCUT2D eigenvalue weighted by molar-refractivity contribution is 5.99. The molecule has 3 rings (SSSR count). The lowest BCUT2D eigenvalue weighted by atomic mass is 10.1. The number of nitrogens with zero attached hydrogens (tertiary/aromatic N) is 1. The predicted molar refractivity (Wildman–Crippen MR) is 117 cm³/mol. The van der Waals surface area contributed by atoms with Crippen molar-refractivity contribution in [1.29, 1.82) is 0 Å². The zero-order valence-electron chi connectivity index (χ0n) is 17.5. The third-order valence-electron chi connectivity index (χ3n) is 5.30. The SMILES string of the molecule is COc1ccc(/C(C)=N\NC(=O)CNc2ccc(C)cc2)cc1C[NH+]1CCCC1. The molecule has 1 aliphatic heterocycles. The van der Waals surface area contributed by atoms with Gasteiger partial charge in [0.2, 0.25) is 0 Å². The Balaban J connectivity index is 1.59. The molecule has 1 amide bonds. The van der Waals surface area contributed by atoms with Gasteiger partial charge in [0.05, 0.1) is 32.5 Å². The minimum absolute atomic E-state index is 0.173. The van der Waals surface area contributed by atoms with Gasteiger partial charge in [-0.25, -0.2) is 5.43 Å². The molecule has 3 N–H and O–H groups in total. The molecule has 1 fully saturated rings. The smallest absolute Gasteiger partial charge is 0.259 e. The first kappa shape index (κ1) is 20.9. The maximum atomic E-state index is 12.1. The van der Waals surface area contributed by atoms with Crippen LogP contribution >= 0.6 is 0 Å².